The molecule has 3 atom stereocenters. The number of hydrogen-bond donors (Lipinski definition) is 2. The second kappa shape index (κ2) is 5.80. The standard InChI is InChI=1S/C15H28N2O2/c1-15(2,3)16-14(19)10-17-9-5-7-12(17)11-6-4-8-13(11)18/h11-13,18H,4-10H2,1-3H3,(H,16,19). The van der Waals surface area contributed by atoms with Gasteiger partial charge >= 0.3 is 0 Å². The number of aliphatic hydroxyl groups excluding tert-OH is 1. The van der Waals surface area contributed by atoms with Gasteiger partial charge in [0, 0.05) is 17.5 Å². The number of amides is 1. The van der Waals surface area contributed by atoms with Crippen LogP contribution in [0.4, 0.5) is 0 Å². The summed E-state index contributed by atoms with van der Waals surface area (Å²) in [6.07, 6.45) is 5.30. The van der Waals surface area contributed by atoms with E-state index < -0.39 is 0 Å². The molecule has 1 saturated carbocycles. The van der Waals surface area contributed by atoms with Crippen LogP contribution < -0.4 is 5.32 Å². The van der Waals surface area contributed by atoms with E-state index in [0.29, 0.717) is 18.5 Å². The summed E-state index contributed by atoms with van der Waals surface area (Å²) in [5.74, 6) is 0.483. The minimum atomic E-state index is -0.167. The molecule has 1 heterocycles. The van der Waals surface area contributed by atoms with E-state index >= 15 is 0 Å². The summed E-state index contributed by atoms with van der Waals surface area (Å²) in [6.45, 7) is 7.49. The molecule has 4 heteroatoms. The van der Waals surface area contributed by atoms with Crippen molar-refractivity contribution in [3.05, 3.63) is 0 Å². The summed E-state index contributed by atoms with van der Waals surface area (Å²) in [6, 6.07) is 0.406. The quantitative estimate of drug-likeness (QED) is 0.816. The average molecular weight is 268 g/mol. The van der Waals surface area contributed by atoms with Crippen LogP contribution >= 0.6 is 0 Å². The van der Waals surface area contributed by atoms with E-state index in [1.165, 1.54) is 0 Å². The average Bonchev–Trinajstić information content (AvgIpc) is 2.83. The third-order valence-electron chi connectivity index (χ3n) is 4.30. The molecule has 1 amide bonds. The van der Waals surface area contributed by atoms with Crippen molar-refractivity contribution < 1.29 is 9.90 Å². The molecule has 1 saturated heterocycles. The third kappa shape index (κ3) is 3.93. The smallest absolute Gasteiger partial charge is 0.234 e. The van der Waals surface area contributed by atoms with E-state index in [1.54, 1.807) is 0 Å². The lowest BCUT2D eigenvalue weighted by Gasteiger charge is -2.31. The van der Waals surface area contributed by atoms with E-state index in [1.807, 2.05) is 20.8 Å². The van der Waals surface area contributed by atoms with Gasteiger partial charge < -0.3 is 10.4 Å². The van der Waals surface area contributed by atoms with Crippen molar-refractivity contribution in [2.45, 2.75) is 70.6 Å². The highest BCUT2D eigenvalue weighted by molar-refractivity contribution is 5.78. The fourth-order valence-corrected chi connectivity index (χ4v) is 3.59. The van der Waals surface area contributed by atoms with E-state index in [4.69, 9.17) is 0 Å². The second-order valence-electron chi connectivity index (χ2n) is 7.14. The van der Waals surface area contributed by atoms with Gasteiger partial charge in [-0.15, -0.1) is 0 Å². The molecular formula is C15H28N2O2. The van der Waals surface area contributed by atoms with Gasteiger partial charge in [-0.25, -0.2) is 0 Å². The van der Waals surface area contributed by atoms with Crippen molar-refractivity contribution in [3.63, 3.8) is 0 Å². The van der Waals surface area contributed by atoms with Gasteiger partial charge in [0.05, 0.1) is 12.6 Å². The first-order chi connectivity index (χ1) is 8.87. The maximum absolute atomic E-state index is 12.0. The van der Waals surface area contributed by atoms with Crippen LogP contribution in [-0.4, -0.2) is 46.7 Å². The number of carbonyl (C=O) groups is 1. The molecule has 0 aromatic carbocycles. The highest BCUT2D eigenvalue weighted by Crippen LogP contribution is 2.35. The zero-order valence-corrected chi connectivity index (χ0v) is 12.5. The molecule has 0 spiro atoms. The van der Waals surface area contributed by atoms with Gasteiger partial charge in [-0.05, 0) is 53.0 Å². The molecule has 19 heavy (non-hydrogen) atoms. The summed E-state index contributed by atoms with van der Waals surface area (Å²) in [5, 5.41) is 13.1. The van der Waals surface area contributed by atoms with Crippen molar-refractivity contribution in [1.29, 1.82) is 0 Å². The van der Waals surface area contributed by atoms with E-state index in [0.717, 1.165) is 38.6 Å². The molecule has 2 rings (SSSR count). The SMILES string of the molecule is CC(C)(C)NC(=O)CN1CCCC1C1CCCC1O. The Bertz CT molecular complexity index is 325. The van der Waals surface area contributed by atoms with Crippen LogP contribution in [0.25, 0.3) is 0 Å². The summed E-state index contributed by atoms with van der Waals surface area (Å²) in [5.41, 5.74) is -0.167. The Morgan fingerprint density at radius 2 is 2.00 bits per heavy atom. The van der Waals surface area contributed by atoms with Crippen LogP contribution in [0, 0.1) is 5.92 Å². The molecule has 0 radical (unpaired) electrons. The molecule has 0 bridgehead atoms. The lowest BCUT2D eigenvalue weighted by atomic mass is 9.94. The first-order valence-electron chi connectivity index (χ1n) is 7.60. The van der Waals surface area contributed by atoms with Gasteiger partial charge in [-0.3, -0.25) is 9.69 Å². The van der Waals surface area contributed by atoms with Crippen molar-refractivity contribution in [3.8, 4) is 0 Å². The Labute approximate surface area is 116 Å². The summed E-state index contributed by atoms with van der Waals surface area (Å²) < 4.78 is 0. The fourth-order valence-electron chi connectivity index (χ4n) is 3.59. The van der Waals surface area contributed by atoms with Crippen LogP contribution in [-0.2, 0) is 4.79 Å². The fraction of sp³-hybridized carbons (Fsp3) is 0.933. The number of aliphatic hydroxyl groups is 1. The zero-order chi connectivity index (χ0) is 14.0. The minimum Gasteiger partial charge on any atom is -0.393 e. The van der Waals surface area contributed by atoms with Crippen LogP contribution in [0.2, 0.25) is 0 Å². The molecule has 1 aliphatic carbocycles. The first-order valence-corrected chi connectivity index (χ1v) is 7.60. The maximum atomic E-state index is 12.0. The predicted molar refractivity (Wildman–Crippen MR) is 75.8 cm³/mol. The second-order valence-corrected chi connectivity index (χ2v) is 7.14. The van der Waals surface area contributed by atoms with Crippen molar-refractivity contribution in [2.75, 3.05) is 13.1 Å². The van der Waals surface area contributed by atoms with Gasteiger partial charge in [0.1, 0.15) is 0 Å². The topological polar surface area (TPSA) is 52.6 Å². The normalized spacial score (nSPS) is 32.7. The summed E-state index contributed by atoms with van der Waals surface area (Å²) in [7, 11) is 0. The molecule has 0 aromatic rings. The largest absolute Gasteiger partial charge is 0.393 e. The number of carbonyl (C=O) groups excluding carboxylic acids is 1. The Balaban J connectivity index is 1.90. The minimum absolute atomic E-state index is 0.104. The van der Waals surface area contributed by atoms with Gasteiger partial charge in [-0.1, -0.05) is 6.42 Å². The highest BCUT2D eigenvalue weighted by atomic mass is 16.3. The molecule has 2 N–H and O–H groups in total. The maximum Gasteiger partial charge on any atom is 0.234 e. The number of likely N-dealkylation sites (tertiary alicyclic amines) is 1. The molecule has 1 aliphatic heterocycles. The van der Waals surface area contributed by atoms with Crippen LogP contribution in [0.3, 0.4) is 0 Å². The number of nitrogens with zero attached hydrogens (tertiary/aromatic N) is 1. The van der Waals surface area contributed by atoms with Crippen molar-refractivity contribution >= 4 is 5.91 Å². The summed E-state index contributed by atoms with van der Waals surface area (Å²) in [4.78, 5) is 14.3. The molecular weight excluding hydrogens is 240 g/mol. The Kier molecular flexibility index (Phi) is 4.51. The lowest BCUT2D eigenvalue weighted by molar-refractivity contribution is -0.124. The number of hydrogen-bond acceptors (Lipinski definition) is 3. The lowest BCUT2D eigenvalue weighted by Crippen LogP contribution is -2.48. The predicted octanol–water partition coefficient (Wildman–Crippen LogP) is 1.53. The zero-order valence-electron chi connectivity index (χ0n) is 12.5. The van der Waals surface area contributed by atoms with E-state index in [2.05, 4.69) is 10.2 Å². The molecule has 2 fully saturated rings. The summed E-state index contributed by atoms with van der Waals surface area (Å²) >= 11 is 0. The molecule has 0 aromatic heterocycles. The third-order valence-corrected chi connectivity index (χ3v) is 4.30. The van der Waals surface area contributed by atoms with Gasteiger partial charge in [-0.2, -0.15) is 0 Å². The monoisotopic (exact) mass is 268 g/mol. The van der Waals surface area contributed by atoms with Crippen molar-refractivity contribution in [2.24, 2.45) is 5.92 Å². The van der Waals surface area contributed by atoms with Gasteiger partial charge in [0.2, 0.25) is 5.91 Å². The number of rotatable bonds is 3. The van der Waals surface area contributed by atoms with Crippen LogP contribution in [0.15, 0.2) is 0 Å². The van der Waals surface area contributed by atoms with Crippen molar-refractivity contribution in [1.82, 2.24) is 10.2 Å². The Morgan fingerprint density at radius 3 is 2.58 bits per heavy atom. The van der Waals surface area contributed by atoms with Gasteiger partial charge in [0.15, 0.2) is 0 Å². The Morgan fingerprint density at radius 1 is 1.26 bits per heavy atom. The van der Waals surface area contributed by atoms with Gasteiger partial charge in [0.25, 0.3) is 0 Å². The van der Waals surface area contributed by atoms with E-state index in [9.17, 15) is 9.90 Å². The van der Waals surface area contributed by atoms with Crippen LogP contribution in [0.1, 0.15) is 52.9 Å². The molecule has 3 unspecified atom stereocenters. The molecule has 2 aliphatic rings. The highest BCUT2D eigenvalue weighted by Gasteiger charge is 2.38. The first kappa shape index (κ1) is 14.8. The molecule has 4 nitrogen and oxygen atoms in total. The Hall–Kier alpha value is -0.610. The number of nitrogens with one attached hydrogen (secondary N) is 1. The van der Waals surface area contributed by atoms with Crippen LogP contribution in [0.5, 0.6) is 0 Å². The molecule has 110 valence electrons. The van der Waals surface area contributed by atoms with E-state index in [-0.39, 0.29) is 17.6 Å².